The van der Waals surface area contributed by atoms with E-state index in [2.05, 4.69) is 15.5 Å². The van der Waals surface area contributed by atoms with Gasteiger partial charge in [-0.05, 0) is 30.0 Å². The summed E-state index contributed by atoms with van der Waals surface area (Å²) in [6, 6.07) is 5.53. The Labute approximate surface area is 164 Å². The lowest BCUT2D eigenvalue weighted by molar-refractivity contribution is 0.590. The number of hydrogen-bond acceptors (Lipinski definition) is 6. The van der Waals surface area contributed by atoms with Crippen molar-refractivity contribution in [1.29, 1.82) is 5.41 Å². The van der Waals surface area contributed by atoms with E-state index in [1.54, 1.807) is 17.6 Å². The predicted octanol–water partition coefficient (Wildman–Crippen LogP) is 2.16. The Kier molecular flexibility index (Phi) is 4.41. The van der Waals surface area contributed by atoms with Crippen molar-refractivity contribution >= 4 is 49.4 Å². The van der Waals surface area contributed by atoms with Crippen LogP contribution in [-0.4, -0.2) is 29.5 Å². The van der Waals surface area contributed by atoms with Crippen molar-refractivity contribution in [2.45, 2.75) is 23.6 Å². The maximum absolute atomic E-state index is 13.0. The molecule has 0 radical (unpaired) electrons. The number of nitrogens with one attached hydrogen (secondary N) is 2. The molecule has 0 fully saturated rings. The zero-order chi connectivity index (χ0) is 19.2. The van der Waals surface area contributed by atoms with Crippen molar-refractivity contribution in [3.8, 4) is 0 Å². The summed E-state index contributed by atoms with van der Waals surface area (Å²) in [5.74, 6) is -0.443. The van der Waals surface area contributed by atoms with Crippen LogP contribution in [0.4, 0.5) is 0 Å². The lowest BCUT2D eigenvalue weighted by Crippen LogP contribution is -2.26. The first-order chi connectivity index (χ1) is 12.8. The van der Waals surface area contributed by atoms with Gasteiger partial charge >= 0.3 is 0 Å². The number of guanidine groups is 1. The molecule has 0 amide bonds. The first kappa shape index (κ1) is 18.0. The van der Waals surface area contributed by atoms with Crippen LogP contribution < -0.4 is 11.2 Å². The summed E-state index contributed by atoms with van der Waals surface area (Å²) < 4.78 is 27.4. The lowest BCUT2D eigenvalue weighted by Gasteiger charge is -2.07. The molecule has 0 saturated carbocycles. The molecule has 1 aliphatic rings. The molecular formula is C16H15ClN6O2S2. The van der Waals surface area contributed by atoms with Gasteiger partial charge in [0.25, 0.3) is 0 Å². The Bertz CT molecular complexity index is 1190. The van der Waals surface area contributed by atoms with Crippen LogP contribution >= 0.6 is 22.9 Å². The average Bonchev–Trinajstić information content (AvgIpc) is 3.26. The van der Waals surface area contributed by atoms with Crippen molar-refractivity contribution in [2.75, 3.05) is 0 Å². The highest BCUT2D eigenvalue weighted by molar-refractivity contribution is 7.90. The van der Waals surface area contributed by atoms with E-state index in [1.807, 2.05) is 12.1 Å². The summed E-state index contributed by atoms with van der Waals surface area (Å²) in [6.45, 7) is 0. The third-order valence-corrected chi connectivity index (χ3v) is 7.08. The number of imidazole rings is 1. The summed E-state index contributed by atoms with van der Waals surface area (Å²) in [6.07, 6.45) is 3.16. The fourth-order valence-electron chi connectivity index (χ4n) is 3.14. The number of rotatable bonds is 4. The number of aryl methyl sites for hydroxylation is 1. The zero-order valence-electron chi connectivity index (χ0n) is 13.9. The van der Waals surface area contributed by atoms with Gasteiger partial charge in [0, 0.05) is 17.1 Å². The number of aromatic nitrogens is 2. The Morgan fingerprint density at radius 3 is 3.04 bits per heavy atom. The smallest absolute Gasteiger partial charge is 0.206 e. The summed E-state index contributed by atoms with van der Waals surface area (Å²) in [5.41, 5.74) is 11.1. The van der Waals surface area contributed by atoms with Crippen molar-refractivity contribution in [2.24, 2.45) is 10.8 Å². The predicted molar refractivity (Wildman–Crippen MR) is 105 cm³/mol. The van der Waals surface area contributed by atoms with Gasteiger partial charge in [-0.2, -0.15) is 5.10 Å². The Morgan fingerprint density at radius 2 is 2.26 bits per heavy atom. The van der Waals surface area contributed by atoms with Gasteiger partial charge in [-0.1, -0.05) is 23.7 Å². The standard InChI is InChI=1S/C16H15ClN6O2S2/c17-13-14(23-5-6-26-16(23)20-13)27(24,25)8-9-1-2-10-3-4-12(11(10)7-9)21-22-15(18)19/h1-2,5-7H,3-4,8H2,(H4,18,19,22)/b21-12-. The summed E-state index contributed by atoms with van der Waals surface area (Å²) in [4.78, 5) is 4.64. The molecule has 4 rings (SSSR count). The Hall–Kier alpha value is -2.43. The molecule has 27 heavy (non-hydrogen) atoms. The second-order valence-corrected chi connectivity index (χ2v) is 9.23. The highest BCUT2D eigenvalue weighted by Gasteiger charge is 2.26. The van der Waals surface area contributed by atoms with Gasteiger partial charge in [-0.3, -0.25) is 9.81 Å². The molecule has 140 valence electrons. The van der Waals surface area contributed by atoms with Gasteiger partial charge in [0.05, 0.1) is 11.5 Å². The Balaban J connectivity index is 1.68. The maximum Gasteiger partial charge on any atom is 0.206 e. The van der Waals surface area contributed by atoms with Gasteiger partial charge in [-0.15, -0.1) is 11.3 Å². The van der Waals surface area contributed by atoms with E-state index in [9.17, 15) is 8.42 Å². The molecule has 3 aromatic rings. The zero-order valence-corrected chi connectivity index (χ0v) is 16.3. The minimum atomic E-state index is -3.69. The van der Waals surface area contributed by atoms with E-state index in [-0.39, 0.29) is 21.9 Å². The number of hydrogen-bond donors (Lipinski definition) is 3. The minimum Gasteiger partial charge on any atom is -0.369 e. The van der Waals surface area contributed by atoms with Gasteiger partial charge in [0.15, 0.2) is 15.1 Å². The molecule has 1 aliphatic carbocycles. The number of nitrogens with zero attached hydrogens (tertiary/aromatic N) is 3. The number of benzene rings is 1. The van der Waals surface area contributed by atoms with Crippen LogP contribution in [0.25, 0.3) is 4.96 Å². The van der Waals surface area contributed by atoms with Gasteiger partial charge in [0.1, 0.15) is 0 Å². The molecular weight excluding hydrogens is 408 g/mol. The molecule has 8 nitrogen and oxygen atoms in total. The number of nitrogens with two attached hydrogens (primary N) is 1. The monoisotopic (exact) mass is 422 g/mol. The van der Waals surface area contributed by atoms with Gasteiger partial charge in [0.2, 0.25) is 15.8 Å². The summed E-state index contributed by atoms with van der Waals surface area (Å²) in [7, 11) is -3.69. The number of hydrazone groups is 1. The van der Waals surface area contributed by atoms with Crippen LogP contribution in [0.3, 0.4) is 0 Å². The van der Waals surface area contributed by atoms with Gasteiger partial charge in [-0.25, -0.2) is 18.8 Å². The van der Waals surface area contributed by atoms with Crippen LogP contribution in [0.1, 0.15) is 23.1 Å². The second-order valence-electron chi connectivity index (χ2n) is 6.10. The van der Waals surface area contributed by atoms with Crippen LogP contribution in [0, 0.1) is 5.41 Å². The normalized spacial score (nSPS) is 15.4. The molecule has 0 unspecified atom stereocenters. The topological polar surface area (TPSA) is 126 Å². The highest BCUT2D eigenvalue weighted by atomic mass is 35.5. The van der Waals surface area contributed by atoms with E-state index in [0.29, 0.717) is 16.9 Å². The number of halogens is 1. The molecule has 2 aromatic heterocycles. The molecule has 4 N–H and O–H groups in total. The SMILES string of the molecule is N=C(N)N/N=C1/CCc2ccc(CS(=O)(=O)c3c(Cl)nc4sccn34)cc21. The fourth-order valence-corrected chi connectivity index (χ4v) is 5.99. The summed E-state index contributed by atoms with van der Waals surface area (Å²) >= 11 is 7.41. The first-order valence-corrected chi connectivity index (χ1v) is 10.9. The molecule has 0 bridgehead atoms. The van der Waals surface area contributed by atoms with Crippen LogP contribution in [0.2, 0.25) is 5.15 Å². The van der Waals surface area contributed by atoms with E-state index in [1.165, 1.54) is 15.7 Å². The van der Waals surface area contributed by atoms with Crippen molar-refractivity contribution in [1.82, 2.24) is 14.8 Å². The molecule has 2 heterocycles. The van der Waals surface area contributed by atoms with E-state index < -0.39 is 9.84 Å². The molecule has 1 aromatic carbocycles. The molecule has 0 atom stereocenters. The summed E-state index contributed by atoms with van der Waals surface area (Å²) in [5, 5.41) is 13.1. The van der Waals surface area contributed by atoms with E-state index in [4.69, 9.17) is 22.7 Å². The number of sulfone groups is 1. The van der Waals surface area contributed by atoms with E-state index in [0.717, 1.165) is 23.3 Å². The number of fused-ring (bicyclic) bond motifs is 2. The fraction of sp³-hybridized carbons (Fsp3) is 0.188. The minimum absolute atomic E-state index is 0.00746. The molecule has 0 saturated heterocycles. The third kappa shape index (κ3) is 3.31. The van der Waals surface area contributed by atoms with Gasteiger partial charge < -0.3 is 5.73 Å². The lowest BCUT2D eigenvalue weighted by atomic mass is 10.1. The Morgan fingerprint density at radius 1 is 1.44 bits per heavy atom. The van der Waals surface area contributed by atoms with Crippen LogP contribution in [-0.2, 0) is 22.0 Å². The molecule has 11 heteroatoms. The quantitative estimate of drug-likeness (QED) is 0.337. The largest absolute Gasteiger partial charge is 0.369 e. The van der Waals surface area contributed by atoms with Crippen molar-refractivity contribution < 1.29 is 8.42 Å². The van der Waals surface area contributed by atoms with Crippen LogP contribution in [0.15, 0.2) is 39.9 Å². The highest BCUT2D eigenvalue weighted by Crippen LogP contribution is 2.29. The van der Waals surface area contributed by atoms with Crippen LogP contribution in [0.5, 0.6) is 0 Å². The number of thiazole rings is 1. The van der Waals surface area contributed by atoms with Crippen molar-refractivity contribution in [3.05, 3.63) is 51.6 Å². The third-order valence-electron chi connectivity index (χ3n) is 4.26. The maximum atomic E-state index is 13.0. The second kappa shape index (κ2) is 6.63. The average molecular weight is 423 g/mol. The van der Waals surface area contributed by atoms with Crippen molar-refractivity contribution in [3.63, 3.8) is 0 Å². The molecule has 0 spiro atoms. The van der Waals surface area contributed by atoms with E-state index >= 15 is 0 Å². The first-order valence-electron chi connectivity index (χ1n) is 7.98. The molecule has 0 aliphatic heterocycles.